The molecule has 0 aromatic carbocycles. The first-order valence-corrected chi connectivity index (χ1v) is 2.06. The van der Waals surface area contributed by atoms with Crippen LogP contribution in [0.3, 0.4) is 0 Å². The van der Waals surface area contributed by atoms with Gasteiger partial charge in [-0.05, 0) is 0 Å². The minimum absolute atomic E-state index is 0.296. The molecule has 0 aromatic rings. The second-order valence-electron chi connectivity index (χ2n) is 1.29. The fourth-order valence-electron chi connectivity index (χ4n) is 0.214. The van der Waals surface area contributed by atoms with Gasteiger partial charge in [-0.25, -0.2) is 0 Å². The maximum absolute atomic E-state index is 9.64. The lowest BCUT2D eigenvalue weighted by Gasteiger charge is -1.85. The molecule has 0 aliphatic heterocycles. The zero-order valence-corrected chi connectivity index (χ0v) is 4.13. The molecular formula is C4H6O4. The molecule has 46 valence electrons. The number of hydrogen-bond acceptors (Lipinski definition) is 2. The summed E-state index contributed by atoms with van der Waals surface area (Å²) in [6, 6.07) is 0. The molecule has 0 bridgehead atoms. The average Bonchev–Trinajstić information content (AvgIpc) is 1.61. The van der Waals surface area contributed by atoms with Gasteiger partial charge in [0, 0.05) is 0 Å². The molecule has 0 atom stereocenters. The monoisotopic (exact) mass is 122 g/mol. The Labute approximate surface area is 45.7 Å². The number of carboxylic acids is 2. The standard InChI is InChI=1S/C4H6O4/c5-3(6)1-2-4(7)8/h1-2H2,(H,5,6)(H,7,8)/i1+1,2+1,3+1,4+1. The van der Waals surface area contributed by atoms with Crippen LogP contribution < -0.4 is 0 Å². The van der Waals surface area contributed by atoms with Crippen LogP contribution in [0.25, 0.3) is 0 Å². The van der Waals surface area contributed by atoms with Crippen LogP contribution >= 0.6 is 0 Å². The van der Waals surface area contributed by atoms with Gasteiger partial charge in [0.05, 0.1) is 12.8 Å². The molecule has 4 nitrogen and oxygen atoms in total. The molecule has 0 fully saturated rings. The number of rotatable bonds is 3. The second kappa shape index (κ2) is 3.01. The van der Waals surface area contributed by atoms with E-state index in [0.717, 1.165) is 0 Å². The summed E-state index contributed by atoms with van der Waals surface area (Å²) < 4.78 is 0. The van der Waals surface area contributed by atoms with Crippen molar-refractivity contribution >= 4 is 11.9 Å². The molecule has 0 amide bonds. The van der Waals surface area contributed by atoms with Crippen molar-refractivity contribution in [3.05, 3.63) is 0 Å². The van der Waals surface area contributed by atoms with Gasteiger partial charge in [-0.15, -0.1) is 0 Å². The molecule has 0 rings (SSSR count). The number of carbonyl (C=O) groups is 2. The van der Waals surface area contributed by atoms with Crippen LogP contribution in [0.4, 0.5) is 0 Å². The summed E-state index contributed by atoms with van der Waals surface area (Å²) >= 11 is 0. The zero-order chi connectivity index (χ0) is 6.57. The van der Waals surface area contributed by atoms with Crippen LogP contribution in [-0.2, 0) is 9.59 Å². The lowest BCUT2D eigenvalue weighted by atomic mass is 11.3. The van der Waals surface area contributed by atoms with E-state index in [2.05, 4.69) is 0 Å². The van der Waals surface area contributed by atoms with Gasteiger partial charge in [-0.1, -0.05) is 0 Å². The van der Waals surface area contributed by atoms with E-state index < -0.39 is 11.9 Å². The second-order valence-corrected chi connectivity index (χ2v) is 1.29. The Balaban J connectivity index is 3.18. The molecule has 0 saturated heterocycles. The fourth-order valence-corrected chi connectivity index (χ4v) is 0.214. The highest BCUT2D eigenvalue weighted by Gasteiger charge is 2.00. The lowest BCUT2D eigenvalue weighted by Crippen LogP contribution is -2.00. The third-order valence-corrected chi connectivity index (χ3v) is 0.553. The molecule has 8 heavy (non-hydrogen) atoms. The summed E-state index contributed by atoms with van der Waals surface area (Å²) in [6.07, 6.45) is -0.593. The molecule has 2 N–H and O–H groups in total. The third-order valence-electron chi connectivity index (χ3n) is 0.553. The van der Waals surface area contributed by atoms with Crippen LogP contribution in [0.15, 0.2) is 0 Å². The Morgan fingerprint density at radius 3 is 1.38 bits per heavy atom. The number of carboxylic acid groups (broad SMARTS) is 2. The van der Waals surface area contributed by atoms with Gasteiger partial charge in [0.25, 0.3) is 0 Å². The van der Waals surface area contributed by atoms with E-state index in [1.165, 1.54) is 0 Å². The minimum atomic E-state index is -1.08. The summed E-state index contributed by atoms with van der Waals surface area (Å²) in [6.45, 7) is 0. The smallest absolute Gasteiger partial charge is 0.303 e. The van der Waals surface area contributed by atoms with Gasteiger partial charge in [0.15, 0.2) is 0 Å². The molecule has 0 saturated carbocycles. The number of aliphatic carboxylic acids is 2. The third kappa shape index (κ3) is 4.94. The Morgan fingerprint density at radius 1 is 1.00 bits per heavy atom. The van der Waals surface area contributed by atoms with Crippen molar-refractivity contribution in [1.82, 2.24) is 0 Å². The Bertz CT molecular complexity index is 92.6. The summed E-state index contributed by atoms with van der Waals surface area (Å²) in [5.41, 5.74) is 0. The van der Waals surface area contributed by atoms with E-state index in [-0.39, 0.29) is 12.8 Å². The maximum Gasteiger partial charge on any atom is 0.303 e. The quantitative estimate of drug-likeness (QED) is 0.514. The van der Waals surface area contributed by atoms with Gasteiger partial charge in [0.1, 0.15) is 0 Å². The van der Waals surface area contributed by atoms with Gasteiger partial charge in [-0.2, -0.15) is 0 Å². The fraction of sp³-hybridized carbons (Fsp3) is 0.500. The van der Waals surface area contributed by atoms with Crippen molar-refractivity contribution in [2.45, 2.75) is 12.8 Å². The zero-order valence-electron chi connectivity index (χ0n) is 4.13. The normalized spacial score (nSPS) is 8.50. The van der Waals surface area contributed by atoms with E-state index in [0.29, 0.717) is 0 Å². The molecule has 0 radical (unpaired) electrons. The van der Waals surface area contributed by atoms with Crippen molar-refractivity contribution in [2.75, 3.05) is 0 Å². The van der Waals surface area contributed by atoms with E-state index in [4.69, 9.17) is 10.2 Å². The van der Waals surface area contributed by atoms with E-state index in [1.807, 2.05) is 0 Å². The van der Waals surface area contributed by atoms with Crippen LogP contribution in [0.2, 0.25) is 0 Å². The molecule has 0 aliphatic rings. The first-order valence-electron chi connectivity index (χ1n) is 2.06. The minimum Gasteiger partial charge on any atom is -0.481 e. The molecule has 0 heterocycles. The summed E-state index contributed by atoms with van der Waals surface area (Å²) in [5.74, 6) is -2.15. The molecule has 4 heteroatoms. The highest BCUT2D eigenvalue weighted by molar-refractivity contribution is 5.75. The predicted octanol–water partition coefficient (Wildman–Crippen LogP) is -0.0642. The number of hydrogen-bond donors (Lipinski definition) is 2. The van der Waals surface area contributed by atoms with E-state index in [9.17, 15) is 9.59 Å². The molecule has 0 unspecified atom stereocenters. The van der Waals surface area contributed by atoms with Crippen LogP contribution in [-0.4, -0.2) is 22.2 Å². The first-order chi connectivity index (χ1) is 3.63. The topological polar surface area (TPSA) is 74.6 Å². The van der Waals surface area contributed by atoms with Crippen molar-refractivity contribution in [3.63, 3.8) is 0 Å². The Kier molecular flexibility index (Phi) is 2.61. The summed E-state index contributed by atoms with van der Waals surface area (Å²) in [7, 11) is 0. The van der Waals surface area contributed by atoms with Gasteiger partial charge >= 0.3 is 11.9 Å². The predicted molar refractivity (Wildman–Crippen MR) is 24.5 cm³/mol. The van der Waals surface area contributed by atoms with Crippen molar-refractivity contribution in [2.24, 2.45) is 0 Å². The molecular weight excluding hydrogens is 116 g/mol. The average molecular weight is 122 g/mol. The molecule has 0 aromatic heterocycles. The van der Waals surface area contributed by atoms with Crippen molar-refractivity contribution in [1.29, 1.82) is 0 Å². The Hall–Kier alpha value is -1.06. The highest BCUT2D eigenvalue weighted by atomic mass is 16.5. The largest absolute Gasteiger partial charge is 0.481 e. The maximum atomic E-state index is 9.64. The van der Waals surface area contributed by atoms with Gasteiger partial charge < -0.3 is 10.2 Å². The van der Waals surface area contributed by atoms with Crippen molar-refractivity contribution < 1.29 is 19.8 Å². The Morgan fingerprint density at radius 2 is 1.25 bits per heavy atom. The van der Waals surface area contributed by atoms with Gasteiger partial charge in [-0.3, -0.25) is 9.59 Å². The van der Waals surface area contributed by atoms with Gasteiger partial charge in [0.2, 0.25) is 0 Å². The first kappa shape index (κ1) is 6.94. The van der Waals surface area contributed by atoms with E-state index in [1.54, 1.807) is 0 Å². The van der Waals surface area contributed by atoms with Crippen LogP contribution in [0.1, 0.15) is 12.8 Å². The highest BCUT2D eigenvalue weighted by Crippen LogP contribution is 1.85. The van der Waals surface area contributed by atoms with Crippen molar-refractivity contribution in [3.8, 4) is 0 Å². The van der Waals surface area contributed by atoms with Crippen LogP contribution in [0, 0.1) is 0 Å². The summed E-state index contributed by atoms with van der Waals surface area (Å²) in [5, 5.41) is 15.8. The van der Waals surface area contributed by atoms with Crippen LogP contribution in [0.5, 0.6) is 0 Å². The molecule has 0 spiro atoms. The lowest BCUT2D eigenvalue weighted by molar-refractivity contribution is -0.143. The summed E-state index contributed by atoms with van der Waals surface area (Å²) in [4.78, 5) is 19.3. The SMILES string of the molecule is O=[13C](O)[13CH2][13CH2][13C](=O)O. The van der Waals surface area contributed by atoms with E-state index >= 15 is 0 Å². The molecule has 0 aliphatic carbocycles.